The number of sulfonamides is 1. The number of likely N-dealkylation sites (tertiary alicyclic amines) is 1. The molecule has 1 N–H and O–H groups in total. The molecule has 0 aromatic heterocycles. The van der Waals surface area contributed by atoms with E-state index in [0.29, 0.717) is 19.6 Å². The van der Waals surface area contributed by atoms with Gasteiger partial charge in [0, 0.05) is 57.6 Å². The lowest BCUT2D eigenvalue weighted by atomic mass is 9.86. The summed E-state index contributed by atoms with van der Waals surface area (Å²) in [5.41, 5.74) is -0.543. The Morgan fingerprint density at radius 1 is 1.25 bits per heavy atom. The Hall–Kier alpha value is -1.35. The third-order valence-electron chi connectivity index (χ3n) is 4.64. The van der Waals surface area contributed by atoms with Crippen LogP contribution >= 0.6 is 0 Å². The predicted octanol–water partition coefficient (Wildman–Crippen LogP) is -0.0798. The van der Waals surface area contributed by atoms with Gasteiger partial charge < -0.3 is 15.1 Å². The molecule has 8 nitrogen and oxygen atoms in total. The second-order valence-corrected chi connectivity index (χ2v) is 9.44. The first-order valence-corrected chi connectivity index (χ1v) is 9.97. The van der Waals surface area contributed by atoms with Crippen LogP contribution in [0.4, 0.5) is 4.79 Å². The van der Waals surface area contributed by atoms with Crippen LogP contribution in [-0.2, 0) is 14.8 Å². The summed E-state index contributed by atoms with van der Waals surface area (Å²) in [5.74, 6) is 0.0142. The zero-order valence-electron chi connectivity index (χ0n) is 14.9. The van der Waals surface area contributed by atoms with Gasteiger partial charge in [-0.15, -0.1) is 0 Å². The number of hydrogen-bond donors (Lipinski definition) is 1. The molecule has 1 spiro atoms. The van der Waals surface area contributed by atoms with Crippen molar-refractivity contribution in [2.45, 2.75) is 33.2 Å². The molecule has 2 fully saturated rings. The lowest BCUT2D eigenvalue weighted by Crippen LogP contribution is -2.49. The standard InChI is InChI=1S/C15H28N4O4S/c1-5-24(22,23)19-7-6-18(14(21)16-12(2)3)10-15(11-19)8-13(20)17(4)9-15/h12H,5-11H2,1-4H3,(H,16,21)/t15-/m1/s1. The van der Waals surface area contributed by atoms with Crippen molar-refractivity contribution in [1.29, 1.82) is 0 Å². The molecular formula is C15H28N4O4S. The second-order valence-electron chi connectivity index (χ2n) is 7.19. The molecule has 138 valence electrons. The van der Waals surface area contributed by atoms with Gasteiger partial charge in [-0.2, -0.15) is 4.31 Å². The van der Waals surface area contributed by atoms with E-state index in [9.17, 15) is 18.0 Å². The molecule has 0 radical (unpaired) electrons. The van der Waals surface area contributed by atoms with Crippen LogP contribution in [0.3, 0.4) is 0 Å². The summed E-state index contributed by atoms with van der Waals surface area (Å²) in [6.07, 6.45) is 0.269. The fourth-order valence-corrected chi connectivity index (χ4v) is 4.66. The van der Waals surface area contributed by atoms with Crippen LogP contribution in [-0.4, -0.2) is 86.0 Å². The quantitative estimate of drug-likeness (QED) is 0.762. The number of urea groups is 1. The van der Waals surface area contributed by atoms with Gasteiger partial charge in [-0.3, -0.25) is 4.79 Å². The van der Waals surface area contributed by atoms with E-state index in [1.165, 1.54) is 4.31 Å². The highest BCUT2D eigenvalue weighted by Crippen LogP contribution is 2.35. The van der Waals surface area contributed by atoms with E-state index in [4.69, 9.17) is 0 Å². The third-order valence-corrected chi connectivity index (χ3v) is 6.47. The van der Waals surface area contributed by atoms with Gasteiger partial charge in [0.05, 0.1) is 5.75 Å². The van der Waals surface area contributed by atoms with Crippen LogP contribution in [0.15, 0.2) is 0 Å². The van der Waals surface area contributed by atoms with E-state index in [1.54, 1.807) is 23.8 Å². The molecule has 0 saturated carbocycles. The molecule has 2 aliphatic heterocycles. The monoisotopic (exact) mass is 360 g/mol. The first-order chi connectivity index (χ1) is 11.1. The molecule has 24 heavy (non-hydrogen) atoms. The van der Waals surface area contributed by atoms with E-state index in [2.05, 4.69) is 5.32 Å². The largest absolute Gasteiger partial charge is 0.345 e. The summed E-state index contributed by atoms with van der Waals surface area (Å²) < 4.78 is 26.2. The minimum atomic E-state index is -3.37. The molecule has 0 aliphatic carbocycles. The fourth-order valence-electron chi connectivity index (χ4n) is 3.47. The minimum absolute atomic E-state index is 0.0000594. The van der Waals surface area contributed by atoms with Gasteiger partial charge >= 0.3 is 6.03 Å². The molecule has 0 bridgehead atoms. The second kappa shape index (κ2) is 6.87. The number of carbonyl (C=O) groups excluding carboxylic acids is 2. The molecule has 0 aromatic carbocycles. The molecule has 2 saturated heterocycles. The fraction of sp³-hybridized carbons (Fsp3) is 0.867. The lowest BCUT2D eigenvalue weighted by molar-refractivity contribution is -0.126. The summed E-state index contributed by atoms with van der Waals surface area (Å²) in [6, 6.07) is -0.206. The third kappa shape index (κ3) is 4.00. The first-order valence-electron chi connectivity index (χ1n) is 8.36. The Balaban J connectivity index is 2.29. The lowest BCUT2D eigenvalue weighted by Gasteiger charge is -2.33. The molecule has 0 aromatic rings. The van der Waals surface area contributed by atoms with Crippen molar-refractivity contribution in [1.82, 2.24) is 19.4 Å². The van der Waals surface area contributed by atoms with Crippen molar-refractivity contribution in [3.63, 3.8) is 0 Å². The molecule has 2 rings (SSSR count). The van der Waals surface area contributed by atoms with Crippen LogP contribution in [0.25, 0.3) is 0 Å². The van der Waals surface area contributed by atoms with E-state index >= 15 is 0 Å². The van der Waals surface area contributed by atoms with E-state index in [1.807, 2.05) is 13.8 Å². The zero-order chi connectivity index (χ0) is 18.1. The first kappa shape index (κ1) is 19.0. The normalized spacial score (nSPS) is 26.3. The van der Waals surface area contributed by atoms with E-state index < -0.39 is 15.4 Å². The van der Waals surface area contributed by atoms with Crippen LogP contribution < -0.4 is 5.32 Å². The van der Waals surface area contributed by atoms with Crippen molar-refractivity contribution in [3.05, 3.63) is 0 Å². The van der Waals surface area contributed by atoms with Gasteiger partial charge in [0.25, 0.3) is 0 Å². The summed E-state index contributed by atoms with van der Waals surface area (Å²) in [5, 5.41) is 2.86. The maximum absolute atomic E-state index is 12.4. The van der Waals surface area contributed by atoms with Crippen molar-refractivity contribution < 1.29 is 18.0 Å². The van der Waals surface area contributed by atoms with Crippen LogP contribution in [0.5, 0.6) is 0 Å². The van der Waals surface area contributed by atoms with Gasteiger partial charge in [0.2, 0.25) is 15.9 Å². The number of carbonyl (C=O) groups is 2. The summed E-state index contributed by atoms with van der Waals surface area (Å²) in [4.78, 5) is 27.8. The Bertz CT molecular complexity index is 607. The Morgan fingerprint density at radius 2 is 1.92 bits per heavy atom. The molecule has 2 heterocycles. The average molecular weight is 360 g/mol. The molecule has 3 amide bonds. The molecule has 9 heteroatoms. The van der Waals surface area contributed by atoms with Crippen molar-refractivity contribution >= 4 is 22.0 Å². The van der Waals surface area contributed by atoms with Crippen molar-refractivity contribution in [3.8, 4) is 0 Å². The number of nitrogens with one attached hydrogen (secondary N) is 1. The van der Waals surface area contributed by atoms with Gasteiger partial charge in [-0.25, -0.2) is 13.2 Å². The Morgan fingerprint density at radius 3 is 2.42 bits per heavy atom. The zero-order valence-corrected chi connectivity index (χ0v) is 15.7. The number of hydrogen-bond acceptors (Lipinski definition) is 4. The Labute approximate surface area is 144 Å². The van der Waals surface area contributed by atoms with Crippen molar-refractivity contribution in [2.75, 3.05) is 45.5 Å². The predicted molar refractivity (Wildman–Crippen MR) is 91.0 cm³/mol. The van der Waals surface area contributed by atoms with Gasteiger partial charge in [-0.1, -0.05) is 0 Å². The summed E-state index contributed by atoms with van der Waals surface area (Å²) in [7, 11) is -1.65. The average Bonchev–Trinajstić information content (AvgIpc) is 2.65. The van der Waals surface area contributed by atoms with Gasteiger partial charge in [-0.05, 0) is 20.8 Å². The van der Waals surface area contributed by atoms with Crippen LogP contribution in [0.2, 0.25) is 0 Å². The molecule has 0 unspecified atom stereocenters. The summed E-state index contributed by atoms with van der Waals surface area (Å²) >= 11 is 0. The highest BCUT2D eigenvalue weighted by molar-refractivity contribution is 7.89. The smallest absolute Gasteiger partial charge is 0.317 e. The summed E-state index contributed by atoms with van der Waals surface area (Å²) in [6.45, 7) is 7.11. The molecule has 1 atom stereocenters. The number of nitrogens with zero attached hydrogens (tertiary/aromatic N) is 3. The maximum Gasteiger partial charge on any atom is 0.317 e. The SMILES string of the molecule is CCS(=O)(=O)N1CCN(C(=O)NC(C)C)C[C@]2(CC(=O)N(C)C2)C1. The van der Waals surface area contributed by atoms with Gasteiger partial charge in [0.15, 0.2) is 0 Å². The van der Waals surface area contributed by atoms with E-state index in [-0.39, 0.29) is 43.2 Å². The minimum Gasteiger partial charge on any atom is -0.345 e. The molecular weight excluding hydrogens is 332 g/mol. The maximum atomic E-state index is 12.4. The highest BCUT2D eigenvalue weighted by Gasteiger charge is 2.47. The van der Waals surface area contributed by atoms with Crippen LogP contribution in [0.1, 0.15) is 27.2 Å². The van der Waals surface area contributed by atoms with Crippen LogP contribution in [0, 0.1) is 5.41 Å². The molecule has 2 aliphatic rings. The van der Waals surface area contributed by atoms with Gasteiger partial charge in [0.1, 0.15) is 0 Å². The highest BCUT2D eigenvalue weighted by atomic mass is 32.2. The number of amides is 3. The number of rotatable bonds is 3. The Kier molecular flexibility index (Phi) is 5.44. The van der Waals surface area contributed by atoms with Crippen molar-refractivity contribution in [2.24, 2.45) is 5.41 Å². The topological polar surface area (TPSA) is 90.0 Å². The van der Waals surface area contributed by atoms with E-state index in [0.717, 1.165) is 0 Å².